The molecule has 0 aromatic heterocycles. The van der Waals surface area contributed by atoms with Gasteiger partial charge < -0.3 is 24.8 Å². The maximum Gasteiger partial charge on any atom is -1.00 e. The van der Waals surface area contributed by atoms with Gasteiger partial charge in [0.2, 0.25) is 0 Å². The normalized spacial score (nSPS) is 13.4. The molecule has 16 heavy (non-hydrogen) atoms. The van der Waals surface area contributed by atoms with Crippen LogP contribution in [0.15, 0.2) is 39.7 Å². The van der Waals surface area contributed by atoms with E-state index in [1.807, 2.05) is 0 Å². The molecule has 0 radical (unpaired) electrons. The van der Waals surface area contributed by atoms with E-state index in [4.69, 9.17) is 0 Å². The van der Waals surface area contributed by atoms with Gasteiger partial charge in [-0.25, -0.2) is 0 Å². The van der Waals surface area contributed by atoms with E-state index in [9.17, 15) is 0 Å². The van der Waals surface area contributed by atoms with Crippen molar-refractivity contribution in [3.8, 4) is 0 Å². The molecule has 1 aliphatic carbocycles. The smallest absolute Gasteiger partial charge is 1.00 e. The van der Waals surface area contributed by atoms with Crippen LogP contribution >= 0.6 is 0 Å². The van der Waals surface area contributed by atoms with Crippen LogP contribution in [0, 0.1) is 0 Å². The van der Waals surface area contributed by atoms with E-state index in [2.05, 4.69) is 43.3 Å². The summed E-state index contributed by atoms with van der Waals surface area (Å²) >= 11 is 1.19. The molecule has 0 atom stereocenters. The average Bonchev–Trinajstić information content (AvgIpc) is 2.65. The molecule has 0 spiro atoms. The van der Waals surface area contributed by atoms with Crippen LogP contribution in [0.3, 0.4) is 0 Å². The molecular formula is C13H13Cl2Hf. The number of halogens is 2. The fourth-order valence-electron chi connectivity index (χ4n) is 1.73. The first-order valence-corrected chi connectivity index (χ1v) is 6.81. The van der Waals surface area contributed by atoms with Crippen molar-refractivity contribution in [1.82, 2.24) is 0 Å². The first-order valence-electron chi connectivity index (χ1n) is 5.02. The van der Waals surface area contributed by atoms with Gasteiger partial charge in [0, 0.05) is 0 Å². The molecule has 1 aromatic carbocycles. The van der Waals surface area contributed by atoms with Gasteiger partial charge in [-0.1, -0.05) is 0 Å². The van der Waals surface area contributed by atoms with E-state index in [-0.39, 0.29) is 24.8 Å². The fourth-order valence-corrected chi connectivity index (χ4v) is 2.98. The Bertz CT molecular complexity index is 408. The molecule has 1 aliphatic rings. The number of benzene rings is 1. The average molecular weight is 419 g/mol. The predicted molar refractivity (Wildman–Crippen MR) is 56.5 cm³/mol. The van der Waals surface area contributed by atoms with Crippen LogP contribution in [0.2, 0.25) is 0 Å². The van der Waals surface area contributed by atoms with E-state index in [1.54, 1.807) is 3.33 Å². The minimum atomic E-state index is 0. The van der Waals surface area contributed by atoms with Gasteiger partial charge >= 0.3 is 101 Å². The standard InChI is InChI=1S/C13H13.2ClH.Hf/c1-2-11-6-5-9-13(10-11)12-7-3-4-8-12;;;/h3,5-7,9-10H,2,4H2,1H3;2*1H;/q;;;+2/p-2. The predicted octanol–water partition coefficient (Wildman–Crippen LogP) is -2.53. The van der Waals surface area contributed by atoms with E-state index in [1.165, 1.54) is 47.5 Å². The Morgan fingerprint density at radius 1 is 1.25 bits per heavy atom. The second-order valence-corrected chi connectivity index (χ2v) is 5.72. The number of allylic oxidation sites excluding steroid dienone is 4. The van der Waals surface area contributed by atoms with Crippen LogP contribution in [0.5, 0.6) is 0 Å². The summed E-state index contributed by atoms with van der Waals surface area (Å²) in [7, 11) is 0. The van der Waals surface area contributed by atoms with Gasteiger partial charge in [-0.2, -0.15) is 0 Å². The van der Waals surface area contributed by atoms with Gasteiger partial charge in [-0.15, -0.1) is 0 Å². The van der Waals surface area contributed by atoms with Crippen molar-refractivity contribution in [3.05, 3.63) is 50.9 Å². The zero-order valence-electron chi connectivity index (χ0n) is 9.13. The Morgan fingerprint density at radius 3 is 2.56 bits per heavy atom. The Labute approximate surface area is 125 Å². The summed E-state index contributed by atoms with van der Waals surface area (Å²) in [5.74, 6) is 0. The van der Waals surface area contributed by atoms with Crippen LogP contribution in [0.25, 0.3) is 5.57 Å². The Kier molecular flexibility index (Phi) is 7.54. The molecule has 2 rings (SSSR count). The van der Waals surface area contributed by atoms with Gasteiger partial charge in [0.15, 0.2) is 0 Å². The molecular weight excluding hydrogens is 406 g/mol. The SMILES string of the molecule is CCc1cccc(C2=[C]([Hf+2])CC=C2)c1.[Cl-].[Cl-]. The topological polar surface area (TPSA) is 0 Å². The summed E-state index contributed by atoms with van der Waals surface area (Å²) < 4.78 is 1.62. The number of rotatable bonds is 2. The molecule has 0 bridgehead atoms. The number of aryl methyl sites for hydroxylation is 1. The third kappa shape index (κ3) is 3.58. The van der Waals surface area contributed by atoms with Crippen LogP contribution in [-0.4, -0.2) is 0 Å². The quantitative estimate of drug-likeness (QED) is 0.465. The molecule has 1 aromatic rings. The van der Waals surface area contributed by atoms with Gasteiger partial charge in [-0.05, 0) is 0 Å². The van der Waals surface area contributed by atoms with Crippen LogP contribution < -0.4 is 24.8 Å². The maximum absolute atomic E-state index is 2.32. The van der Waals surface area contributed by atoms with Crippen molar-refractivity contribution in [2.45, 2.75) is 19.8 Å². The molecule has 0 aliphatic heterocycles. The fraction of sp³-hybridized carbons (Fsp3) is 0.231. The maximum atomic E-state index is 2.32. The number of hydrogen-bond donors (Lipinski definition) is 0. The molecule has 0 saturated carbocycles. The van der Waals surface area contributed by atoms with Crippen molar-refractivity contribution in [1.29, 1.82) is 0 Å². The van der Waals surface area contributed by atoms with Crippen molar-refractivity contribution in [2.75, 3.05) is 0 Å². The molecule has 0 N–H and O–H groups in total. The monoisotopic (exact) mass is 419 g/mol. The first kappa shape index (κ1) is 16.2. The zero-order valence-corrected chi connectivity index (χ0v) is 14.2. The molecule has 0 nitrogen and oxygen atoms in total. The van der Waals surface area contributed by atoms with Gasteiger partial charge in [0.05, 0.1) is 0 Å². The molecule has 0 unspecified atom stereocenters. The van der Waals surface area contributed by atoms with Crippen molar-refractivity contribution in [3.63, 3.8) is 0 Å². The summed E-state index contributed by atoms with van der Waals surface area (Å²) in [6, 6.07) is 8.92. The molecule has 0 amide bonds. The summed E-state index contributed by atoms with van der Waals surface area (Å²) in [4.78, 5) is 0. The van der Waals surface area contributed by atoms with E-state index in [0.717, 1.165) is 6.42 Å². The van der Waals surface area contributed by atoms with Crippen LogP contribution in [0.1, 0.15) is 24.5 Å². The third-order valence-electron chi connectivity index (χ3n) is 2.58. The van der Waals surface area contributed by atoms with E-state index < -0.39 is 0 Å². The van der Waals surface area contributed by atoms with E-state index in [0.29, 0.717) is 0 Å². The second-order valence-electron chi connectivity index (χ2n) is 3.55. The molecule has 0 fully saturated rings. The summed E-state index contributed by atoms with van der Waals surface area (Å²) in [6.07, 6.45) is 6.85. The van der Waals surface area contributed by atoms with Gasteiger partial charge in [0.25, 0.3) is 0 Å². The molecule has 0 saturated heterocycles. The van der Waals surface area contributed by atoms with Crippen molar-refractivity contribution < 1.29 is 49.2 Å². The van der Waals surface area contributed by atoms with Gasteiger partial charge in [0.1, 0.15) is 0 Å². The molecule has 0 heterocycles. The minimum Gasteiger partial charge on any atom is -1.00 e. The molecule has 83 valence electrons. The first-order chi connectivity index (χ1) is 6.81. The second kappa shape index (κ2) is 7.47. The minimum absolute atomic E-state index is 0. The summed E-state index contributed by atoms with van der Waals surface area (Å²) in [5, 5.41) is 0. The Morgan fingerprint density at radius 2 is 2.00 bits per heavy atom. The zero-order chi connectivity index (χ0) is 9.97. The summed E-state index contributed by atoms with van der Waals surface area (Å²) in [5.41, 5.74) is 4.32. The largest absolute Gasteiger partial charge is 1.00 e. The van der Waals surface area contributed by atoms with Crippen LogP contribution in [0.4, 0.5) is 0 Å². The number of hydrogen-bond acceptors (Lipinski definition) is 0. The van der Waals surface area contributed by atoms with Gasteiger partial charge in [-0.3, -0.25) is 0 Å². The van der Waals surface area contributed by atoms with Crippen molar-refractivity contribution >= 4 is 5.57 Å². The third-order valence-corrected chi connectivity index (χ3v) is 4.28. The van der Waals surface area contributed by atoms with E-state index >= 15 is 0 Å². The van der Waals surface area contributed by atoms with Crippen molar-refractivity contribution in [2.24, 2.45) is 0 Å². The Hall–Kier alpha value is 0.150. The Balaban J connectivity index is 0.00000112. The molecule has 3 heteroatoms. The summed E-state index contributed by atoms with van der Waals surface area (Å²) in [6.45, 7) is 2.21. The van der Waals surface area contributed by atoms with Crippen LogP contribution in [-0.2, 0) is 30.8 Å².